The van der Waals surface area contributed by atoms with Gasteiger partial charge in [0.15, 0.2) is 68.8 Å². The molecule has 6 rings (SSSR count). The summed E-state index contributed by atoms with van der Waals surface area (Å²) in [5, 5.41) is 20.3. The van der Waals surface area contributed by atoms with Crippen LogP contribution in [0.1, 0.15) is 98.3 Å². The Kier molecular flexibility index (Phi) is 32.5. The number of ketones is 2. The number of nitrogens with two attached hydrogens (primary N) is 9. The molecule has 0 fully saturated rings. The summed E-state index contributed by atoms with van der Waals surface area (Å²) in [6.45, 7) is 9.91. The predicted molar refractivity (Wildman–Crippen MR) is 360 cm³/mol. The Bertz CT molecular complexity index is 3600. The number of guanidine groups is 4. The van der Waals surface area contributed by atoms with E-state index in [4.69, 9.17) is 98.7 Å². The van der Waals surface area contributed by atoms with Crippen LogP contribution in [0.5, 0.6) is 11.5 Å². The van der Waals surface area contributed by atoms with Crippen molar-refractivity contribution in [3.05, 3.63) is 106 Å². The van der Waals surface area contributed by atoms with Crippen LogP contribution >= 0.6 is 23.2 Å². The lowest BCUT2D eigenvalue weighted by atomic mass is 10.0. The number of ether oxygens (including phenoxy) is 3. The Morgan fingerprint density at radius 3 is 1.35 bits per heavy atom. The molecule has 4 aromatic carbocycles. The van der Waals surface area contributed by atoms with Crippen LogP contribution in [-0.4, -0.2) is 150 Å². The fraction of sp³-hybridized carbons (Fsp3) is 0.397. The summed E-state index contributed by atoms with van der Waals surface area (Å²) in [6, 6.07) is 24.8. The summed E-state index contributed by atoms with van der Waals surface area (Å²) in [5.41, 5.74) is 52.2. The van der Waals surface area contributed by atoms with E-state index in [1.807, 2.05) is 30.3 Å². The van der Waals surface area contributed by atoms with Gasteiger partial charge in [-0.1, -0.05) is 71.7 Å². The van der Waals surface area contributed by atoms with Crippen molar-refractivity contribution in [2.75, 3.05) is 88.3 Å². The van der Waals surface area contributed by atoms with Crippen molar-refractivity contribution in [3.8, 4) is 11.5 Å². The number of aromatic nitrogens is 4. The number of anilines is 4. The minimum Gasteiger partial charge on any atom is -0.494 e. The molecule has 33 heteroatoms. The molecule has 0 atom stereocenters. The van der Waals surface area contributed by atoms with Gasteiger partial charge in [-0.15, -0.1) is 0 Å². The van der Waals surface area contributed by atoms with Gasteiger partial charge < -0.3 is 81.6 Å². The molecular weight excluding hydrogens is 1240 g/mol. The normalized spacial score (nSPS) is 11.6. The highest BCUT2D eigenvalue weighted by Gasteiger charge is 2.19. The van der Waals surface area contributed by atoms with Gasteiger partial charge in [0.25, 0.3) is 10.1 Å². The first-order valence-electron chi connectivity index (χ1n) is 28.5. The first kappa shape index (κ1) is 75.9. The number of alkyl carbamates (subject to hydrolysis) is 1. The molecule has 2 aromatic heterocycles. The van der Waals surface area contributed by atoms with Gasteiger partial charge in [-0.2, -0.15) is 8.42 Å². The number of unbranched alkanes of at least 4 members (excludes halogenated alkanes) is 2. The molecule has 0 saturated carbocycles. The molecule has 0 aliphatic heterocycles. The van der Waals surface area contributed by atoms with E-state index in [1.54, 1.807) is 27.7 Å². The van der Waals surface area contributed by atoms with E-state index in [0.717, 1.165) is 78.0 Å². The number of nitrogen functional groups attached to an aromatic ring is 4. The van der Waals surface area contributed by atoms with Crippen LogP contribution < -0.4 is 77.0 Å². The Labute approximate surface area is 538 Å². The summed E-state index contributed by atoms with van der Waals surface area (Å²) in [6.07, 6.45) is 6.88. The van der Waals surface area contributed by atoms with Crippen LogP contribution in [0.25, 0.3) is 21.5 Å². The topological polar surface area (TPSA) is 525 Å². The number of hydrogen-bond acceptors (Lipinski definition) is 21. The number of aliphatic imine (C=N–C) groups is 4. The predicted octanol–water partition coefficient (Wildman–Crippen LogP) is 4.27. The molecule has 496 valence electrons. The van der Waals surface area contributed by atoms with Crippen LogP contribution in [0.4, 0.5) is 28.1 Å². The van der Waals surface area contributed by atoms with Crippen LogP contribution in [0.2, 0.25) is 10.3 Å². The zero-order valence-corrected chi connectivity index (χ0v) is 53.9. The highest BCUT2D eigenvalue weighted by Crippen LogP contribution is 2.25. The van der Waals surface area contributed by atoms with E-state index in [9.17, 15) is 22.8 Å². The van der Waals surface area contributed by atoms with E-state index in [-0.39, 0.29) is 88.5 Å². The van der Waals surface area contributed by atoms with Crippen molar-refractivity contribution >= 4 is 120 Å². The number of benzene rings is 4. The van der Waals surface area contributed by atoms with Crippen molar-refractivity contribution in [1.29, 1.82) is 0 Å². The Hall–Kier alpha value is -9.30. The lowest BCUT2D eigenvalue weighted by Gasteiger charge is -2.19. The number of nitrogens with zero attached hydrogens (tertiary/aromatic N) is 8. The third-order valence-electron chi connectivity index (χ3n) is 11.6. The number of nitrogens with one attached hydrogen (secondary N) is 3. The van der Waals surface area contributed by atoms with E-state index in [0.29, 0.717) is 52.1 Å². The minimum atomic E-state index is -3.67. The van der Waals surface area contributed by atoms with E-state index in [2.05, 4.69) is 98.3 Å². The fourth-order valence-corrected chi connectivity index (χ4v) is 7.87. The summed E-state index contributed by atoms with van der Waals surface area (Å²) in [4.78, 5) is 67.8. The van der Waals surface area contributed by atoms with Crippen molar-refractivity contribution in [2.45, 2.75) is 84.7 Å². The average molecular weight is 1320 g/mol. The molecule has 0 aliphatic rings. The maximum Gasteiger partial charge on any atom is 0.414 e. The first-order chi connectivity index (χ1) is 42.9. The maximum absolute atomic E-state index is 12.3. The van der Waals surface area contributed by atoms with E-state index in [1.165, 1.54) is 11.1 Å². The van der Waals surface area contributed by atoms with E-state index >= 15 is 0 Å². The molecule has 0 bridgehead atoms. The Morgan fingerprint density at radius 2 is 0.956 bits per heavy atom. The number of fused-ring (bicyclic) bond motifs is 2. The highest BCUT2D eigenvalue weighted by molar-refractivity contribution is 7.85. The molecule has 0 saturated heterocycles. The molecule has 2 heterocycles. The van der Waals surface area contributed by atoms with Crippen LogP contribution in [0.15, 0.2) is 92.8 Å². The SMILES string of the molecule is CC(C)(C)OC(=O)NC(N)=NCCCOc1ccc2cc(CCCCNC(N)=NCC(=O)c3nc(Cl)c(N)nc3N)ccc2c1.CCO.CS(=O)(=O)O.NC(N)=NCCCOc1ccc2cc(CCCCNC(N)=NCC(=O)c3nc(Cl)c(N)nc3N)ccc2c1. The number of amides is 1. The van der Waals surface area contributed by atoms with Crippen LogP contribution in [0.3, 0.4) is 0 Å². The minimum absolute atomic E-state index is 0.00728. The smallest absolute Gasteiger partial charge is 0.414 e. The fourth-order valence-electron chi connectivity index (χ4n) is 7.61. The number of halogens is 2. The number of Topliss-reactive ketones (excluding diaryl/α,β-unsaturated/α-hetero) is 2. The van der Waals surface area contributed by atoms with Gasteiger partial charge >= 0.3 is 6.09 Å². The molecular formula is C58H84Cl2N20O10S. The van der Waals surface area contributed by atoms with Crippen molar-refractivity contribution < 1.29 is 46.7 Å². The zero-order valence-electron chi connectivity index (χ0n) is 51.5. The lowest BCUT2D eigenvalue weighted by Crippen LogP contribution is -2.40. The number of aliphatic hydroxyl groups is 1. The summed E-state index contributed by atoms with van der Waals surface area (Å²) in [5.74, 6) is 0.757. The molecule has 0 unspecified atom stereocenters. The second-order valence-corrected chi connectivity index (χ2v) is 22.8. The van der Waals surface area contributed by atoms with Crippen LogP contribution in [-0.2, 0) is 27.7 Å². The highest BCUT2D eigenvalue weighted by atomic mass is 35.5. The molecule has 0 radical (unpaired) electrons. The van der Waals surface area contributed by atoms with Gasteiger partial charge in [0.05, 0.1) is 19.5 Å². The van der Waals surface area contributed by atoms with Crippen molar-refractivity contribution in [2.24, 2.45) is 48.6 Å². The lowest BCUT2D eigenvalue weighted by molar-refractivity contribution is 0.0562. The van der Waals surface area contributed by atoms with Gasteiger partial charge in [0, 0.05) is 45.6 Å². The monoisotopic (exact) mass is 1320 g/mol. The van der Waals surface area contributed by atoms with Gasteiger partial charge in [-0.3, -0.25) is 29.4 Å². The maximum atomic E-state index is 12.3. The van der Waals surface area contributed by atoms with Gasteiger partial charge in [-0.05, 0) is 123 Å². The van der Waals surface area contributed by atoms with Crippen LogP contribution in [0, 0.1) is 0 Å². The molecule has 0 spiro atoms. The summed E-state index contributed by atoms with van der Waals surface area (Å²) >= 11 is 11.6. The molecule has 6 aromatic rings. The Balaban J connectivity index is 0.000000429. The average Bonchev–Trinajstić information content (AvgIpc) is 1.79. The molecule has 30 nitrogen and oxygen atoms in total. The number of carbonyl (C=O) groups excluding carboxylic acids is 3. The van der Waals surface area contributed by atoms with Crippen molar-refractivity contribution in [1.82, 2.24) is 35.9 Å². The third-order valence-corrected chi connectivity index (χ3v) is 12.2. The molecule has 23 N–H and O–H groups in total. The number of carbonyl (C=O) groups is 3. The van der Waals surface area contributed by atoms with E-state index < -0.39 is 33.4 Å². The van der Waals surface area contributed by atoms with Gasteiger partial charge in [0.2, 0.25) is 11.6 Å². The number of hydrogen-bond donors (Lipinski definition) is 14. The first-order valence-corrected chi connectivity index (χ1v) is 31.1. The quantitative estimate of drug-likeness (QED) is 0.0118. The van der Waals surface area contributed by atoms with Gasteiger partial charge in [-0.25, -0.2) is 34.7 Å². The second kappa shape index (κ2) is 39.0. The number of rotatable bonds is 26. The molecule has 91 heavy (non-hydrogen) atoms. The zero-order chi connectivity index (χ0) is 67.7. The third kappa shape index (κ3) is 31.6. The molecule has 0 aliphatic carbocycles. The largest absolute Gasteiger partial charge is 0.494 e. The summed E-state index contributed by atoms with van der Waals surface area (Å²) < 4.78 is 42.7. The second-order valence-electron chi connectivity index (χ2n) is 20.6. The van der Waals surface area contributed by atoms with Gasteiger partial charge in [0.1, 0.15) is 30.2 Å². The van der Waals surface area contributed by atoms with Crippen molar-refractivity contribution in [3.63, 3.8) is 0 Å². The molecule has 1 amide bonds. The standard InChI is InChI=1S/C30H41ClN10O4.C25H33ClN10O2.C2H6O.CH4O3S/c1-30(2,3)45-29(43)41-28(35)37-13-6-14-44-21-11-10-19-15-18(8-9-20(19)16-21)7-4-5-12-36-27(34)38-17-22(42)23-25(32)40-26(33)24(31)39-23;26-21-23(28)36-22(27)20(35-21)19(37)14-34-25(31)33-9-2-1-4-15-5-6-17-13-18(8-7-16(17)12-15)38-11-3-10-32-24(29)30;1-2-3;1-5(2,3)4/h8-11,15-16H,4-7,12-14,17H2,1-3H3,(H4,32,33,40)(H3,34,36,38)(H3,35,37,41,43);5-8,12-13H,1-4,9-11,14H2,(H4,27,28,36)(H4,29,30,32)(H3,31,33,34);3H,2H2,1H3;1H3,(H,2,3,4). The summed E-state index contributed by atoms with van der Waals surface area (Å²) in [7, 11) is -3.67. The number of aryl methyl sites for hydroxylation is 2. The Morgan fingerprint density at radius 1 is 0.571 bits per heavy atom. The number of aliphatic hydroxyl groups excluding tert-OH is 1.